The second kappa shape index (κ2) is 7.05. The molecule has 2 heteroatoms. The van der Waals surface area contributed by atoms with E-state index in [1.165, 1.54) is 11.1 Å². The van der Waals surface area contributed by atoms with Gasteiger partial charge in [-0.1, -0.05) is 58.4 Å². The lowest BCUT2D eigenvalue weighted by molar-refractivity contribution is 0.400. The molecular weight excluding hydrogens is 310 g/mol. The lowest BCUT2D eigenvalue weighted by Gasteiger charge is -2.27. The summed E-state index contributed by atoms with van der Waals surface area (Å²) in [7, 11) is 0. The molecule has 0 aromatic heterocycles. The molecule has 0 saturated heterocycles. The third-order valence-electron chi connectivity index (χ3n) is 3.60. The normalized spacial score (nSPS) is 11.6. The first-order valence-electron chi connectivity index (χ1n) is 7.13. The molecule has 0 aliphatic rings. The first-order valence-corrected chi connectivity index (χ1v) is 7.92. The van der Waals surface area contributed by atoms with Crippen molar-refractivity contribution in [3.63, 3.8) is 0 Å². The van der Waals surface area contributed by atoms with Crippen molar-refractivity contribution in [3.05, 3.63) is 70.2 Å². The molecule has 2 rings (SSSR count). The Labute approximate surface area is 130 Å². The molecule has 0 amide bonds. The fourth-order valence-electron chi connectivity index (χ4n) is 2.32. The molecule has 20 heavy (non-hydrogen) atoms. The third kappa shape index (κ3) is 4.46. The summed E-state index contributed by atoms with van der Waals surface area (Å²) in [5.41, 5.74) is 2.72. The van der Waals surface area contributed by atoms with Crippen LogP contribution in [0.1, 0.15) is 31.4 Å². The highest BCUT2D eigenvalue weighted by Crippen LogP contribution is 2.23. The van der Waals surface area contributed by atoms with Crippen LogP contribution in [0, 0.1) is 0 Å². The van der Waals surface area contributed by atoms with E-state index in [0.717, 1.165) is 23.9 Å². The van der Waals surface area contributed by atoms with Crippen LogP contribution in [0.15, 0.2) is 59.1 Å². The van der Waals surface area contributed by atoms with Crippen LogP contribution in [0.5, 0.6) is 0 Å². The van der Waals surface area contributed by atoms with E-state index in [-0.39, 0.29) is 5.54 Å². The molecule has 0 unspecified atom stereocenters. The Bertz CT molecular complexity index is 534. The van der Waals surface area contributed by atoms with E-state index < -0.39 is 0 Å². The van der Waals surface area contributed by atoms with E-state index in [4.69, 9.17) is 0 Å². The molecule has 2 aromatic rings. The van der Waals surface area contributed by atoms with E-state index >= 15 is 0 Å². The Morgan fingerprint density at radius 1 is 1.00 bits per heavy atom. The monoisotopic (exact) mass is 331 g/mol. The zero-order valence-electron chi connectivity index (χ0n) is 12.2. The molecule has 0 radical (unpaired) electrons. The van der Waals surface area contributed by atoms with E-state index in [1.807, 2.05) is 0 Å². The minimum Gasteiger partial charge on any atom is -0.308 e. The van der Waals surface area contributed by atoms with Crippen molar-refractivity contribution in [3.8, 4) is 0 Å². The Morgan fingerprint density at radius 2 is 1.75 bits per heavy atom. The van der Waals surface area contributed by atoms with Crippen LogP contribution in [0.3, 0.4) is 0 Å². The van der Waals surface area contributed by atoms with E-state index in [1.54, 1.807) is 0 Å². The second-order valence-corrected chi connectivity index (χ2v) is 6.57. The van der Waals surface area contributed by atoms with Crippen molar-refractivity contribution in [2.75, 3.05) is 6.54 Å². The summed E-state index contributed by atoms with van der Waals surface area (Å²) in [6.45, 7) is 5.49. The highest BCUT2D eigenvalue weighted by atomic mass is 79.9. The van der Waals surface area contributed by atoms with Gasteiger partial charge in [-0.3, -0.25) is 0 Å². The molecule has 0 aliphatic carbocycles. The fraction of sp³-hybridized carbons (Fsp3) is 0.333. The van der Waals surface area contributed by atoms with Gasteiger partial charge in [-0.05, 0) is 56.5 Å². The quantitative estimate of drug-likeness (QED) is 0.742. The van der Waals surface area contributed by atoms with Crippen LogP contribution >= 0.6 is 15.9 Å². The van der Waals surface area contributed by atoms with Gasteiger partial charge in [0.2, 0.25) is 0 Å². The van der Waals surface area contributed by atoms with Gasteiger partial charge in [0.15, 0.2) is 0 Å². The highest BCUT2D eigenvalue weighted by molar-refractivity contribution is 9.10. The van der Waals surface area contributed by atoms with Crippen LogP contribution in [0.25, 0.3) is 0 Å². The first kappa shape index (κ1) is 15.3. The second-order valence-electron chi connectivity index (χ2n) is 5.65. The number of benzene rings is 2. The lowest BCUT2D eigenvalue weighted by atomic mass is 9.94. The number of aryl methyl sites for hydroxylation is 1. The maximum Gasteiger partial charge on any atom is 0.0377 e. The SMILES string of the molecule is CC(C)(NCCCc1ccccc1)c1cccc(Br)c1. The molecule has 1 nitrogen and oxygen atoms in total. The fourth-order valence-corrected chi connectivity index (χ4v) is 2.72. The number of halogens is 1. The van der Waals surface area contributed by atoms with Gasteiger partial charge in [0.05, 0.1) is 0 Å². The highest BCUT2D eigenvalue weighted by Gasteiger charge is 2.19. The average Bonchev–Trinajstić information content (AvgIpc) is 2.45. The van der Waals surface area contributed by atoms with Crippen molar-refractivity contribution < 1.29 is 0 Å². The molecule has 0 saturated carbocycles. The van der Waals surface area contributed by atoms with Crippen molar-refractivity contribution in [2.45, 2.75) is 32.2 Å². The minimum absolute atomic E-state index is 0.000464. The van der Waals surface area contributed by atoms with Crippen molar-refractivity contribution in [2.24, 2.45) is 0 Å². The Balaban J connectivity index is 1.83. The lowest BCUT2D eigenvalue weighted by Crippen LogP contribution is -2.37. The minimum atomic E-state index is 0.000464. The van der Waals surface area contributed by atoms with E-state index in [9.17, 15) is 0 Å². The van der Waals surface area contributed by atoms with Crippen molar-refractivity contribution in [1.82, 2.24) is 5.32 Å². The van der Waals surface area contributed by atoms with Crippen LogP contribution in [-0.2, 0) is 12.0 Å². The topological polar surface area (TPSA) is 12.0 Å². The van der Waals surface area contributed by atoms with Crippen LogP contribution in [0.2, 0.25) is 0 Å². The maximum atomic E-state index is 3.65. The summed E-state index contributed by atoms with van der Waals surface area (Å²) >= 11 is 3.54. The van der Waals surface area contributed by atoms with Crippen LogP contribution in [0.4, 0.5) is 0 Å². The summed E-state index contributed by atoms with van der Waals surface area (Å²) in [6, 6.07) is 19.2. The smallest absolute Gasteiger partial charge is 0.0377 e. The molecule has 106 valence electrons. The molecule has 2 aromatic carbocycles. The largest absolute Gasteiger partial charge is 0.308 e. The molecule has 0 bridgehead atoms. The molecule has 0 atom stereocenters. The predicted molar refractivity (Wildman–Crippen MR) is 89.9 cm³/mol. The Kier molecular flexibility index (Phi) is 5.38. The zero-order chi connectivity index (χ0) is 14.4. The molecule has 0 fully saturated rings. The third-order valence-corrected chi connectivity index (χ3v) is 4.09. The molecule has 0 heterocycles. The number of hydrogen-bond acceptors (Lipinski definition) is 1. The average molecular weight is 332 g/mol. The predicted octanol–water partition coefficient (Wildman–Crippen LogP) is 4.91. The Morgan fingerprint density at radius 3 is 2.45 bits per heavy atom. The maximum absolute atomic E-state index is 3.65. The first-order chi connectivity index (χ1) is 9.58. The summed E-state index contributed by atoms with van der Waals surface area (Å²) in [6.07, 6.45) is 2.28. The number of rotatable bonds is 6. The number of nitrogens with one attached hydrogen (secondary N) is 1. The van der Waals surface area contributed by atoms with Gasteiger partial charge < -0.3 is 5.32 Å². The van der Waals surface area contributed by atoms with Crippen LogP contribution in [-0.4, -0.2) is 6.54 Å². The van der Waals surface area contributed by atoms with Gasteiger partial charge in [-0.2, -0.15) is 0 Å². The molecule has 1 N–H and O–H groups in total. The number of hydrogen-bond donors (Lipinski definition) is 1. The van der Waals surface area contributed by atoms with Gasteiger partial charge in [0.1, 0.15) is 0 Å². The summed E-state index contributed by atoms with van der Waals surface area (Å²) < 4.78 is 1.13. The summed E-state index contributed by atoms with van der Waals surface area (Å²) in [5.74, 6) is 0. The summed E-state index contributed by atoms with van der Waals surface area (Å²) in [4.78, 5) is 0. The molecular formula is C18H22BrN. The van der Waals surface area contributed by atoms with Gasteiger partial charge in [0, 0.05) is 10.0 Å². The summed E-state index contributed by atoms with van der Waals surface area (Å²) in [5, 5.41) is 3.65. The van der Waals surface area contributed by atoms with E-state index in [2.05, 4.69) is 89.7 Å². The van der Waals surface area contributed by atoms with Gasteiger partial charge >= 0.3 is 0 Å². The van der Waals surface area contributed by atoms with Gasteiger partial charge in [0.25, 0.3) is 0 Å². The van der Waals surface area contributed by atoms with Crippen LogP contribution < -0.4 is 5.32 Å². The standard InChI is InChI=1S/C18H22BrN/c1-18(2,16-11-6-12-17(19)14-16)20-13-7-10-15-8-4-3-5-9-15/h3-6,8-9,11-12,14,20H,7,10,13H2,1-2H3. The van der Waals surface area contributed by atoms with Crippen molar-refractivity contribution >= 4 is 15.9 Å². The van der Waals surface area contributed by atoms with Gasteiger partial charge in [-0.15, -0.1) is 0 Å². The van der Waals surface area contributed by atoms with Gasteiger partial charge in [-0.25, -0.2) is 0 Å². The molecule has 0 aliphatic heterocycles. The Hall–Kier alpha value is -1.12. The zero-order valence-corrected chi connectivity index (χ0v) is 13.8. The molecule has 0 spiro atoms. The van der Waals surface area contributed by atoms with Crippen molar-refractivity contribution in [1.29, 1.82) is 0 Å². The van der Waals surface area contributed by atoms with E-state index in [0.29, 0.717) is 0 Å².